The van der Waals surface area contributed by atoms with Gasteiger partial charge in [-0.1, -0.05) is 24.3 Å². The highest BCUT2D eigenvalue weighted by atomic mass is 16.3. The number of rotatable bonds is 8. The number of hydrogen-bond acceptors (Lipinski definition) is 4. The molecule has 3 aromatic rings. The molecule has 2 saturated carbocycles. The van der Waals surface area contributed by atoms with E-state index >= 15 is 0 Å². The zero-order valence-electron chi connectivity index (χ0n) is 19.4. The van der Waals surface area contributed by atoms with E-state index < -0.39 is 6.10 Å². The van der Waals surface area contributed by atoms with Gasteiger partial charge in [-0.2, -0.15) is 0 Å². The van der Waals surface area contributed by atoms with Gasteiger partial charge in [0.25, 0.3) is 0 Å². The van der Waals surface area contributed by atoms with Crippen LogP contribution in [-0.4, -0.2) is 27.8 Å². The summed E-state index contributed by atoms with van der Waals surface area (Å²) in [6.45, 7) is 4.39. The van der Waals surface area contributed by atoms with Crippen molar-refractivity contribution in [3.8, 4) is 5.75 Å². The molecule has 176 valence electrons. The Labute approximate surface area is 199 Å². The van der Waals surface area contributed by atoms with Crippen LogP contribution in [0.3, 0.4) is 0 Å². The number of aliphatic hydroxyl groups is 1. The van der Waals surface area contributed by atoms with Crippen LogP contribution in [0.25, 0.3) is 10.9 Å². The van der Waals surface area contributed by atoms with E-state index in [2.05, 4.69) is 29.0 Å². The fourth-order valence-corrected chi connectivity index (χ4v) is 6.40. The molecule has 2 aromatic carbocycles. The highest BCUT2D eigenvalue weighted by molar-refractivity contribution is 5.87. The maximum absolute atomic E-state index is 11.7. The largest absolute Gasteiger partial charge is 0.506 e. The molecule has 0 radical (unpaired) electrons. The van der Waals surface area contributed by atoms with Gasteiger partial charge in [-0.25, -0.2) is 0 Å². The molecule has 0 amide bonds. The minimum Gasteiger partial charge on any atom is -0.506 e. The Morgan fingerprint density at radius 1 is 1.12 bits per heavy atom. The molecule has 5 heteroatoms. The van der Waals surface area contributed by atoms with Crippen molar-refractivity contribution in [3.05, 3.63) is 87.2 Å². The first-order chi connectivity index (χ1) is 16.5. The minimum atomic E-state index is -0.741. The number of aromatic amines is 1. The highest BCUT2D eigenvalue weighted by Gasteiger charge is 2.52. The standard InChI is InChI=1S/C29H32N2O3/c1-2-3-16-8-18-12-22(13-19(18)9-17(16)10-20-11-21-14-25(20)21)30-15-27(33)23-4-6-26(32)29-24(23)5-7-28(34)31-29/h2,4-9,20-22,25,27,30,32-33H,1,3,10-15H2,(H,31,34)/t20?,21?,22?,25?,27-/m0/s1. The van der Waals surface area contributed by atoms with Crippen molar-refractivity contribution in [1.29, 1.82) is 0 Å². The van der Waals surface area contributed by atoms with Crippen LogP contribution < -0.4 is 10.9 Å². The first-order valence-electron chi connectivity index (χ1n) is 12.5. The van der Waals surface area contributed by atoms with Gasteiger partial charge in [0, 0.05) is 24.0 Å². The van der Waals surface area contributed by atoms with Gasteiger partial charge >= 0.3 is 0 Å². The summed E-state index contributed by atoms with van der Waals surface area (Å²) in [4.78, 5) is 14.3. The summed E-state index contributed by atoms with van der Waals surface area (Å²) in [6.07, 6.45) is 8.22. The summed E-state index contributed by atoms with van der Waals surface area (Å²) in [5.74, 6) is 2.92. The maximum Gasteiger partial charge on any atom is 0.248 e. The van der Waals surface area contributed by atoms with E-state index in [0.717, 1.165) is 37.0 Å². The molecule has 1 aromatic heterocycles. The Morgan fingerprint density at radius 3 is 2.62 bits per heavy atom. The molecule has 5 atom stereocenters. The second-order valence-corrected chi connectivity index (χ2v) is 10.6. The molecular formula is C29H32N2O3. The normalized spacial score (nSPS) is 25.4. The third kappa shape index (κ3) is 3.87. The van der Waals surface area contributed by atoms with Gasteiger partial charge in [-0.15, -0.1) is 6.58 Å². The van der Waals surface area contributed by atoms with E-state index in [1.54, 1.807) is 12.1 Å². The molecule has 1 heterocycles. The Hall–Kier alpha value is -2.89. The maximum atomic E-state index is 11.7. The van der Waals surface area contributed by atoms with Crippen LogP contribution in [0.5, 0.6) is 5.75 Å². The second kappa shape index (κ2) is 8.40. The fraction of sp³-hybridized carbons (Fsp3) is 0.414. The Morgan fingerprint density at radius 2 is 1.91 bits per heavy atom. The molecule has 4 unspecified atom stereocenters. The third-order valence-corrected chi connectivity index (χ3v) is 8.35. The highest BCUT2D eigenvalue weighted by Crippen LogP contribution is 2.60. The number of pyridine rings is 1. The number of aromatic hydroxyl groups is 1. The predicted molar refractivity (Wildman–Crippen MR) is 134 cm³/mol. The van der Waals surface area contributed by atoms with Gasteiger partial charge in [-0.05, 0) is 96.2 Å². The molecule has 4 N–H and O–H groups in total. The summed E-state index contributed by atoms with van der Waals surface area (Å²) in [5, 5.41) is 25.3. The first-order valence-corrected chi connectivity index (χ1v) is 12.5. The number of aromatic nitrogens is 1. The number of allylic oxidation sites excluding steroid dienone is 1. The lowest BCUT2D eigenvalue weighted by Gasteiger charge is -2.26. The lowest BCUT2D eigenvalue weighted by molar-refractivity contribution is 0.171. The molecule has 0 bridgehead atoms. The van der Waals surface area contributed by atoms with Gasteiger partial charge in [0.1, 0.15) is 5.75 Å². The zero-order valence-corrected chi connectivity index (χ0v) is 19.4. The van der Waals surface area contributed by atoms with Crippen molar-refractivity contribution >= 4 is 10.9 Å². The van der Waals surface area contributed by atoms with Gasteiger partial charge in [0.05, 0.1) is 11.6 Å². The van der Waals surface area contributed by atoms with E-state index in [0.29, 0.717) is 23.0 Å². The monoisotopic (exact) mass is 456 g/mol. The van der Waals surface area contributed by atoms with Gasteiger partial charge < -0.3 is 20.5 Å². The molecule has 3 aliphatic rings. The Balaban J connectivity index is 1.15. The lowest BCUT2D eigenvalue weighted by Crippen LogP contribution is -2.33. The van der Waals surface area contributed by atoms with Crippen molar-refractivity contribution in [3.63, 3.8) is 0 Å². The van der Waals surface area contributed by atoms with Crippen molar-refractivity contribution < 1.29 is 10.2 Å². The number of benzene rings is 2. The van der Waals surface area contributed by atoms with Crippen LogP contribution >= 0.6 is 0 Å². The van der Waals surface area contributed by atoms with Crippen molar-refractivity contribution in [1.82, 2.24) is 10.3 Å². The number of aliphatic hydroxyl groups excluding tert-OH is 1. The van der Waals surface area contributed by atoms with E-state index in [4.69, 9.17) is 0 Å². The Kier molecular flexibility index (Phi) is 5.34. The SMILES string of the molecule is C=CCc1cc2c(cc1CC1CC3CC13)CC(NC[C@H](O)c1ccc(O)c3[nH]c(=O)ccc13)C2. The predicted octanol–water partition coefficient (Wildman–Crippen LogP) is 3.95. The molecule has 6 rings (SSSR count). The van der Waals surface area contributed by atoms with Crippen LogP contribution in [0.15, 0.2) is 53.8 Å². The number of hydrogen-bond donors (Lipinski definition) is 4. The lowest BCUT2D eigenvalue weighted by atomic mass is 9.79. The fourth-order valence-electron chi connectivity index (χ4n) is 6.40. The van der Waals surface area contributed by atoms with Crippen molar-refractivity contribution in [2.24, 2.45) is 17.8 Å². The van der Waals surface area contributed by atoms with Crippen LogP contribution in [0, 0.1) is 17.8 Å². The minimum absolute atomic E-state index is 0.00749. The third-order valence-electron chi connectivity index (χ3n) is 8.35. The molecule has 5 nitrogen and oxygen atoms in total. The number of H-pyrrole nitrogens is 1. The average molecular weight is 457 g/mol. The summed E-state index contributed by atoms with van der Waals surface area (Å²) in [5.41, 5.74) is 6.58. The number of nitrogens with one attached hydrogen (secondary N) is 2. The summed E-state index contributed by atoms with van der Waals surface area (Å²) < 4.78 is 0. The van der Waals surface area contributed by atoms with Crippen LogP contribution in [0.4, 0.5) is 0 Å². The van der Waals surface area contributed by atoms with Crippen LogP contribution in [0.2, 0.25) is 0 Å². The van der Waals surface area contributed by atoms with E-state index in [1.165, 1.54) is 53.6 Å². The first kappa shape index (κ1) is 21.6. The van der Waals surface area contributed by atoms with E-state index in [-0.39, 0.29) is 17.4 Å². The number of phenols is 1. The van der Waals surface area contributed by atoms with Gasteiger partial charge in [0.2, 0.25) is 5.56 Å². The van der Waals surface area contributed by atoms with Crippen LogP contribution in [0.1, 0.15) is 46.8 Å². The Bertz CT molecular complexity index is 1330. The molecule has 2 fully saturated rings. The average Bonchev–Trinajstić information content (AvgIpc) is 3.31. The molecule has 0 aliphatic heterocycles. The van der Waals surface area contributed by atoms with Gasteiger partial charge in [-0.3, -0.25) is 4.79 Å². The summed E-state index contributed by atoms with van der Waals surface area (Å²) in [6, 6.07) is 11.5. The van der Waals surface area contributed by atoms with Crippen LogP contribution in [-0.2, 0) is 25.7 Å². The zero-order chi connectivity index (χ0) is 23.4. The number of fused-ring (bicyclic) bond motifs is 3. The second-order valence-electron chi connectivity index (χ2n) is 10.6. The summed E-state index contributed by atoms with van der Waals surface area (Å²) in [7, 11) is 0. The van der Waals surface area contributed by atoms with Crippen molar-refractivity contribution in [2.45, 2.75) is 50.7 Å². The topological polar surface area (TPSA) is 85.3 Å². The molecule has 3 aliphatic carbocycles. The molecule has 34 heavy (non-hydrogen) atoms. The van der Waals surface area contributed by atoms with E-state index in [9.17, 15) is 15.0 Å². The quantitative estimate of drug-likeness (QED) is 0.387. The number of phenolic OH excluding ortho intramolecular Hbond substituents is 1. The molecule has 0 saturated heterocycles. The summed E-state index contributed by atoms with van der Waals surface area (Å²) >= 11 is 0. The molecular weight excluding hydrogens is 424 g/mol. The van der Waals surface area contributed by atoms with Gasteiger partial charge in [0.15, 0.2) is 0 Å². The van der Waals surface area contributed by atoms with Crippen molar-refractivity contribution in [2.75, 3.05) is 6.54 Å². The van der Waals surface area contributed by atoms with E-state index in [1.807, 2.05) is 6.08 Å². The molecule has 0 spiro atoms. The smallest absolute Gasteiger partial charge is 0.248 e.